The summed E-state index contributed by atoms with van der Waals surface area (Å²) in [6, 6.07) is 17.1. The molecule has 1 aliphatic heterocycles. The molecule has 40 heavy (non-hydrogen) atoms. The lowest BCUT2D eigenvalue weighted by Crippen LogP contribution is -2.46. The molecule has 1 aliphatic rings. The van der Waals surface area contributed by atoms with Gasteiger partial charge in [0, 0.05) is 73.0 Å². The number of thiazole rings is 1. The molecule has 0 atom stereocenters. The third-order valence-corrected chi connectivity index (χ3v) is 8.20. The number of pyridine rings is 1. The monoisotopic (exact) mass is 578 g/mol. The number of hydrogen-bond donors (Lipinski definition) is 4. The van der Waals surface area contributed by atoms with Crippen LogP contribution in [0.15, 0.2) is 72.4 Å². The zero-order valence-electron chi connectivity index (χ0n) is 22.0. The van der Waals surface area contributed by atoms with Crippen LogP contribution in [0.2, 0.25) is 0 Å². The first kappa shape index (κ1) is 28.1. The van der Waals surface area contributed by atoms with E-state index in [2.05, 4.69) is 25.5 Å². The highest BCUT2D eigenvalue weighted by molar-refractivity contribution is 7.51. The van der Waals surface area contributed by atoms with Crippen LogP contribution in [0.25, 0.3) is 11.3 Å². The fraction of sp³-hybridized carbons (Fsp3) is 0.250. The van der Waals surface area contributed by atoms with Crippen molar-refractivity contribution >= 4 is 41.3 Å². The summed E-state index contributed by atoms with van der Waals surface area (Å²) in [6.07, 6.45) is 3.32. The number of carbonyl (C=O) groups excluding carboxylic acids is 1. The average molecular weight is 579 g/mol. The molecule has 208 valence electrons. The van der Waals surface area contributed by atoms with E-state index in [9.17, 15) is 19.1 Å². The summed E-state index contributed by atoms with van der Waals surface area (Å²) in [5, 5.41) is 9.08. The van der Waals surface area contributed by atoms with Gasteiger partial charge in [-0.1, -0.05) is 18.2 Å². The van der Waals surface area contributed by atoms with Crippen molar-refractivity contribution in [2.75, 3.05) is 43.1 Å². The maximum Gasteiger partial charge on any atom is 0.339 e. The third-order valence-electron chi connectivity index (χ3n) is 6.67. The van der Waals surface area contributed by atoms with Crippen molar-refractivity contribution in [1.82, 2.24) is 19.8 Å². The minimum atomic E-state index is -4.03. The highest BCUT2D eigenvalue weighted by Crippen LogP contribution is 2.35. The van der Waals surface area contributed by atoms with E-state index in [4.69, 9.17) is 0 Å². The summed E-state index contributed by atoms with van der Waals surface area (Å²) in [4.78, 5) is 44.2. The molecule has 0 bridgehead atoms. The molecule has 2 aromatic carbocycles. The fourth-order valence-electron chi connectivity index (χ4n) is 4.50. The Hall–Kier alpha value is -3.44. The number of nitrogens with one attached hydrogen (secondary N) is 2. The standard InChI is InChI=1S/C28H31N6O4PS/c1-20-4-9-24(15-25(20)31-28-32-26(18-40-28)23-3-2-10-29-16-23)30-27(35)22-7-5-21(6-8-22)17-33-11-13-34(14-12-33)19-39(36,37)38/h2-10,15-16,18H,11-14,17,19H2,1H3,(H,30,35)(H,31,32)(H2,36,37,38). The first-order valence-corrected chi connectivity index (χ1v) is 15.5. The Morgan fingerprint density at radius 1 is 1.05 bits per heavy atom. The Labute approximate surface area is 236 Å². The lowest BCUT2D eigenvalue weighted by molar-refractivity contribution is 0.102. The van der Waals surface area contributed by atoms with Gasteiger partial charge in [0.25, 0.3) is 5.91 Å². The van der Waals surface area contributed by atoms with E-state index < -0.39 is 7.60 Å². The molecule has 0 aliphatic carbocycles. The molecule has 12 heteroatoms. The van der Waals surface area contributed by atoms with Gasteiger partial charge in [-0.25, -0.2) is 4.98 Å². The number of benzene rings is 2. The molecule has 4 aromatic rings. The molecule has 1 saturated heterocycles. The van der Waals surface area contributed by atoms with Gasteiger partial charge in [-0.2, -0.15) is 0 Å². The van der Waals surface area contributed by atoms with E-state index in [0.717, 1.165) is 52.8 Å². The van der Waals surface area contributed by atoms with Crippen LogP contribution in [0, 0.1) is 6.92 Å². The maximum atomic E-state index is 13.0. The van der Waals surface area contributed by atoms with E-state index in [1.165, 1.54) is 11.3 Å². The SMILES string of the molecule is Cc1ccc(NC(=O)c2ccc(CN3CCN(CP(=O)(O)O)CC3)cc2)cc1Nc1nc(-c2cccnc2)cs1. The van der Waals surface area contributed by atoms with Crippen molar-refractivity contribution in [1.29, 1.82) is 0 Å². The van der Waals surface area contributed by atoms with E-state index in [1.54, 1.807) is 17.3 Å². The van der Waals surface area contributed by atoms with Gasteiger partial charge < -0.3 is 20.4 Å². The molecule has 4 N–H and O–H groups in total. The van der Waals surface area contributed by atoms with Gasteiger partial charge in [-0.3, -0.25) is 24.1 Å². The second-order valence-corrected chi connectivity index (χ2v) is 12.3. The van der Waals surface area contributed by atoms with Crippen molar-refractivity contribution in [3.8, 4) is 11.3 Å². The van der Waals surface area contributed by atoms with E-state index in [-0.39, 0.29) is 12.2 Å². The largest absolute Gasteiger partial charge is 0.339 e. The molecule has 0 spiro atoms. The Morgan fingerprint density at radius 3 is 2.50 bits per heavy atom. The lowest BCUT2D eigenvalue weighted by atomic mass is 10.1. The topological polar surface area (TPSA) is 131 Å². The molecule has 2 aromatic heterocycles. The molecule has 0 unspecified atom stereocenters. The fourth-order valence-corrected chi connectivity index (χ4v) is 6.04. The summed E-state index contributed by atoms with van der Waals surface area (Å²) in [7, 11) is -4.03. The Morgan fingerprint density at radius 2 is 1.80 bits per heavy atom. The smallest absolute Gasteiger partial charge is 0.331 e. The Balaban J connectivity index is 1.16. The van der Waals surface area contributed by atoms with Crippen LogP contribution in [0.4, 0.5) is 16.5 Å². The van der Waals surface area contributed by atoms with Crippen LogP contribution < -0.4 is 10.6 Å². The minimum Gasteiger partial charge on any atom is -0.331 e. The summed E-state index contributed by atoms with van der Waals surface area (Å²) in [5.74, 6) is -0.194. The predicted molar refractivity (Wildman–Crippen MR) is 158 cm³/mol. The van der Waals surface area contributed by atoms with Crippen molar-refractivity contribution < 1.29 is 19.1 Å². The second kappa shape index (κ2) is 12.4. The number of piperazine rings is 1. The van der Waals surface area contributed by atoms with Crippen LogP contribution in [-0.2, 0) is 11.1 Å². The molecule has 0 radical (unpaired) electrons. The Kier molecular flexibility index (Phi) is 8.70. The van der Waals surface area contributed by atoms with Gasteiger partial charge in [0.1, 0.15) is 6.29 Å². The first-order chi connectivity index (χ1) is 19.2. The van der Waals surface area contributed by atoms with Crippen LogP contribution in [-0.4, -0.2) is 67.9 Å². The van der Waals surface area contributed by atoms with E-state index >= 15 is 0 Å². The van der Waals surface area contributed by atoms with Gasteiger partial charge in [0.05, 0.1) is 5.69 Å². The molecular formula is C28H31N6O4PS. The maximum absolute atomic E-state index is 13.0. The summed E-state index contributed by atoms with van der Waals surface area (Å²) < 4.78 is 11.2. The van der Waals surface area contributed by atoms with Crippen LogP contribution in [0.5, 0.6) is 0 Å². The number of hydrogen-bond acceptors (Lipinski definition) is 8. The number of aromatic nitrogens is 2. The molecule has 0 saturated carbocycles. The van der Waals surface area contributed by atoms with Gasteiger partial charge in [-0.05, 0) is 54.4 Å². The molecule has 3 heterocycles. The number of carbonyl (C=O) groups is 1. The Bertz CT molecular complexity index is 1500. The zero-order valence-corrected chi connectivity index (χ0v) is 23.7. The van der Waals surface area contributed by atoms with Crippen molar-refractivity contribution in [2.24, 2.45) is 0 Å². The van der Waals surface area contributed by atoms with E-state index in [1.807, 2.05) is 66.9 Å². The number of amides is 1. The van der Waals surface area contributed by atoms with Gasteiger partial charge in [0.2, 0.25) is 0 Å². The number of anilines is 3. The van der Waals surface area contributed by atoms with Gasteiger partial charge in [-0.15, -0.1) is 11.3 Å². The molecule has 1 fully saturated rings. The van der Waals surface area contributed by atoms with Gasteiger partial charge >= 0.3 is 7.60 Å². The highest BCUT2D eigenvalue weighted by atomic mass is 32.1. The quantitative estimate of drug-likeness (QED) is 0.208. The number of aryl methyl sites for hydroxylation is 1. The number of nitrogens with zero attached hydrogens (tertiary/aromatic N) is 4. The summed E-state index contributed by atoms with van der Waals surface area (Å²) >= 11 is 1.51. The van der Waals surface area contributed by atoms with Crippen molar-refractivity contribution in [2.45, 2.75) is 13.5 Å². The third kappa shape index (κ3) is 7.60. The first-order valence-electron chi connectivity index (χ1n) is 12.8. The van der Waals surface area contributed by atoms with E-state index in [0.29, 0.717) is 24.3 Å². The normalized spacial score (nSPS) is 14.7. The summed E-state index contributed by atoms with van der Waals surface area (Å²) in [6.45, 7) is 5.42. The molecular weight excluding hydrogens is 547 g/mol. The molecule has 5 rings (SSSR count). The second-order valence-electron chi connectivity index (χ2n) is 9.79. The lowest BCUT2D eigenvalue weighted by Gasteiger charge is -2.34. The zero-order chi connectivity index (χ0) is 28.1. The van der Waals surface area contributed by atoms with Crippen molar-refractivity contribution in [3.63, 3.8) is 0 Å². The molecule has 10 nitrogen and oxygen atoms in total. The van der Waals surface area contributed by atoms with Crippen LogP contribution in [0.1, 0.15) is 21.5 Å². The van der Waals surface area contributed by atoms with Crippen LogP contribution >= 0.6 is 18.9 Å². The average Bonchev–Trinajstić information content (AvgIpc) is 3.40. The molecule has 1 amide bonds. The van der Waals surface area contributed by atoms with Crippen LogP contribution in [0.3, 0.4) is 0 Å². The highest BCUT2D eigenvalue weighted by Gasteiger charge is 2.23. The van der Waals surface area contributed by atoms with Gasteiger partial charge in [0.15, 0.2) is 5.13 Å². The summed E-state index contributed by atoms with van der Waals surface area (Å²) in [5.41, 5.74) is 6.02. The minimum absolute atomic E-state index is 0.193. The predicted octanol–water partition coefficient (Wildman–Crippen LogP) is 4.76. The number of rotatable bonds is 9. The van der Waals surface area contributed by atoms with Crippen molar-refractivity contribution in [3.05, 3.63) is 89.1 Å².